The lowest BCUT2D eigenvalue weighted by molar-refractivity contribution is 0.480. The second-order valence-corrected chi connectivity index (χ2v) is 3.86. The van der Waals surface area contributed by atoms with Crippen LogP contribution in [-0.2, 0) is 0 Å². The number of nitrogens with zero attached hydrogens (tertiary/aromatic N) is 1. The monoisotopic (exact) mass is 167 g/mol. The van der Waals surface area contributed by atoms with Gasteiger partial charge in [0.05, 0.1) is 6.54 Å². The van der Waals surface area contributed by atoms with Crippen LogP contribution in [-0.4, -0.2) is 25.6 Å². The zero-order chi connectivity index (χ0) is 8.44. The predicted octanol–water partition coefficient (Wildman–Crippen LogP) is 0.725. The fourth-order valence-corrected chi connectivity index (χ4v) is 1.62. The molecular weight excluding hydrogens is 150 g/mol. The van der Waals surface area contributed by atoms with Gasteiger partial charge in [-0.05, 0) is 24.7 Å². The molecule has 0 saturated heterocycles. The van der Waals surface area contributed by atoms with Crippen LogP contribution < -0.4 is 10.6 Å². The molecule has 1 aliphatic carbocycles. The molecule has 12 heavy (non-hydrogen) atoms. The normalized spacial score (nSPS) is 24.6. The topological polar surface area (TPSA) is 36.4 Å². The summed E-state index contributed by atoms with van der Waals surface area (Å²) in [6, 6.07) is 0. The minimum atomic E-state index is 0.618. The Kier molecular flexibility index (Phi) is 1.95. The molecule has 2 rings (SSSR count). The molecule has 3 heteroatoms. The molecule has 0 aromatic carbocycles. The van der Waals surface area contributed by atoms with Crippen molar-refractivity contribution in [3.63, 3.8) is 0 Å². The van der Waals surface area contributed by atoms with Gasteiger partial charge in [0.15, 0.2) is 5.96 Å². The highest BCUT2D eigenvalue weighted by Gasteiger charge is 2.40. The van der Waals surface area contributed by atoms with Crippen LogP contribution in [0.3, 0.4) is 0 Å². The van der Waals surface area contributed by atoms with Crippen molar-refractivity contribution in [3.05, 3.63) is 0 Å². The Morgan fingerprint density at radius 1 is 1.58 bits per heavy atom. The second kappa shape index (κ2) is 2.96. The first-order valence-corrected chi connectivity index (χ1v) is 4.87. The Morgan fingerprint density at radius 3 is 2.92 bits per heavy atom. The number of rotatable bonds is 3. The minimum Gasteiger partial charge on any atom is -0.356 e. The van der Waals surface area contributed by atoms with Crippen molar-refractivity contribution in [2.45, 2.75) is 26.2 Å². The molecule has 68 valence electrons. The molecule has 0 aromatic rings. The largest absolute Gasteiger partial charge is 0.356 e. The fraction of sp³-hybridized carbons (Fsp3) is 0.889. The molecule has 1 fully saturated rings. The molecule has 0 atom stereocenters. The van der Waals surface area contributed by atoms with Crippen molar-refractivity contribution in [1.29, 1.82) is 0 Å². The standard InChI is InChI=1S/C9H17N3/c1-2-9(3-4-9)7-12-8-10-5-6-11-8/h2-7H2,1H3,(H2,10,11,12). The van der Waals surface area contributed by atoms with E-state index in [2.05, 4.69) is 22.5 Å². The highest BCUT2D eigenvalue weighted by Crippen LogP contribution is 2.47. The van der Waals surface area contributed by atoms with E-state index in [1.807, 2.05) is 0 Å². The van der Waals surface area contributed by atoms with E-state index in [0.29, 0.717) is 5.41 Å². The maximum Gasteiger partial charge on any atom is 0.191 e. The van der Waals surface area contributed by atoms with Crippen LogP contribution in [0.2, 0.25) is 0 Å². The quantitative estimate of drug-likeness (QED) is 0.650. The summed E-state index contributed by atoms with van der Waals surface area (Å²) in [5, 5.41) is 6.59. The van der Waals surface area contributed by atoms with Gasteiger partial charge in [0.1, 0.15) is 0 Å². The van der Waals surface area contributed by atoms with Crippen molar-refractivity contribution in [2.75, 3.05) is 19.6 Å². The summed E-state index contributed by atoms with van der Waals surface area (Å²) in [7, 11) is 0. The van der Waals surface area contributed by atoms with Crippen molar-refractivity contribution in [3.8, 4) is 0 Å². The van der Waals surface area contributed by atoms with Gasteiger partial charge in [-0.2, -0.15) is 0 Å². The molecule has 1 aliphatic heterocycles. The summed E-state index contributed by atoms with van der Waals surface area (Å²) in [6.07, 6.45) is 4.08. The average molecular weight is 167 g/mol. The van der Waals surface area contributed by atoms with E-state index in [0.717, 1.165) is 25.6 Å². The number of nitrogens with one attached hydrogen (secondary N) is 2. The van der Waals surface area contributed by atoms with Gasteiger partial charge in [-0.1, -0.05) is 6.92 Å². The number of guanidine groups is 1. The van der Waals surface area contributed by atoms with Crippen molar-refractivity contribution in [1.82, 2.24) is 10.6 Å². The van der Waals surface area contributed by atoms with Crippen LogP contribution in [0, 0.1) is 5.41 Å². The molecule has 1 heterocycles. The lowest BCUT2D eigenvalue weighted by Crippen LogP contribution is -2.37. The third-order valence-electron chi connectivity index (χ3n) is 3.01. The molecule has 0 bridgehead atoms. The van der Waals surface area contributed by atoms with E-state index in [1.54, 1.807) is 0 Å². The summed E-state index contributed by atoms with van der Waals surface area (Å²) in [5.41, 5.74) is 0.618. The first-order valence-electron chi connectivity index (χ1n) is 4.87. The highest BCUT2D eigenvalue weighted by molar-refractivity contribution is 5.81. The van der Waals surface area contributed by atoms with E-state index in [4.69, 9.17) is 0 Å². The van der Waals surface area contributed by atoms with Crippen molar-refractivity contribution in [2.24, 2.45) is 10.4 Å². The fourth-order valence-electron chi connectivity index (χ4n) is 1.62. The van der Waals surface area contributed by atoms with Gasteiger partial charge in [-0.15, -0.1) is 0 Å². The molecule has 0 radical (unpaired) electrons. The van der Waals surface area contributed by atoms with Crippen LogP contribution in [0.15, 0.2) is 4.99 Å². The number of hydrogen-bond donors (Lipinski definition) is 2. The van der Waals surface area contributed by atoms with E-state index in [9.17, 15) is 0 Å². The minimum absolute atomic E-state index is 0.618. The van der Waals surface area contributed by atoms with Gasteiger partial charge in [0.25, 0.3) is 0 Å². The Bertz CT molecular complexity index is 194. The Labute approximate surface area is 73.6 Å². The second-order valence-electron chi connectivity index (χ2n) is 3.86. The molecule has 0 amide bonds. The third kappa shape index (κ3) is 1.54. The van der Waals surface area contributed by atoms with Crippen LogP contribution in [0.1, 0.15) is 26.2 Å². The molecular formula is C9H17N3. The SMILES string of the molecule is CCC1(CNC2=NCCN2)CC1. The van der Waals surface area contributed by atoms with E-state index >= 15 is 0 Å². The van der Waals surface area contributed by atoms with Gasteiger partial charge in [0.2, 0.25) is 0 Å². The van der Waals surface area contributed by atoms with Crippen LogP contribution in [0.4, 0.5) is 0 Å². The Balaban J connectivity index is 1.74. The third-order valence-corrected chi connectivity index (χ3v) is 3.01. The first-order chi connectivity index (χ1) is 5.85. The number of aliphatic imine (C=N–C) groups is 1. The maximum absolute atomic E-state index is 4.30. The van der Waals surface area contributed by atoms with Gasteiger partial charge >= 0.3 is 0 Å². The van der Waals surface area contributed by atoms with Gasteiger partial charge in [0, 0.05) is 13.1 Å². The summed E-state index contributed by atoms with van der Waals surface area (Å²) in [4.78, 5) is 4.30. The van der Waals surface area contributed by atoms with Crippen molar-refractivity contribution >= 4 is 5.96 Å². The predicted molar refractivity (Wildman–Crippen MR) is 50.3 cm³/mol. The lowest BCUT2D eigenvalue weighted by Gasteiger charge is -2.13. The van der Waals surface area contributed by atoms with Crippen molar-refractivity contribution < 1.29 is 0 Å². The van der Waals surface area contributed by atoms with Crippen LogP contribution >= 0.6 is 0 Å². The van der Waals surface area contributed by atoms with Gasteiger partial charge in [-0.25, -0.2) is 0 Å². The smallest absolute Gasteiger partial charge is 0.191 e. The molecule has 1 saturated carbocycles. The molecule has 0 unspecified atom stereocenters. The summed E-state index contributed by atoms with van der Waals surface area (Å²) in [6.45, 7) is 5.32. The first kappa shape index (κ1) is 7.90. The van der Waals surface area contributed by atoms with E-state index in [-0.39, 0.29) is 0 Å². The summed E-state index contributed by atoms with van der Waals surface area (Å²) < 4.78 is 0. The van der Waals surface area contributed by atoms with E-state index < -0.39 is 0 Å². The number of hydrogen-bond acceptors (Lipinski definition) is 3. The summed E-state index contributed by atoms with van der Waals surface area (Å²) in [5.74, 6) is 1.01. The Morgan fingerprint density at radius 2 is 2.42 bits per heavy atom. The van der Waals surface area contributed by atoms with Gasteiger partial charge in [-0.3, -0.25) is 4.99 Å². The molecule has 0 spiro atoms. The molecule has 3 nitrogen and oxygen atoms in total. The Hall–Kier alpha value is -0.730. The maximum atomic E-state index is 4.30. The van der Waals surface area contributed by atoms with Gasteiger partial charge < -0.3 is 10.6 Å². The molecule has 0 aromatic heterocycles. The zero-order valence-corrected chi connectivity index (χ0v) is 7.69. The highest BCUT2D eigenvalue weighted by atomic mass is 15.2. The van der Waals surface area contributed by atoms with E-state index in [1.165, 1.54) is 19.3 Å². The van der Waals surface area contributed by atoms with Crippen LogP contribution in [0.5, 0.6) is 0 Å². The average Bonchev–Trinajstić information content (AvgIpc) is 2.70. The summed E-state index contributed by atoms with van der Waals surface area (Å²) >= 11 is 0. The van der Waals surface area contributed by atoms with Crippen LogP contribution in [0.25, 0.3) is 0 Å². The molecule has 2 aliphatic rings. The zero-order valence-electron chi connectivity index (χ0n) is 7.69. The lowest BCUT2D eigenvalue weighted by atomic mass is 10.0. The molecule has 2 N–H and O–H groups in total.